The first kappa shape index (κ1) is 18.4. The molecule has 7 heteroatoms. The maximum atomic E-state index is 12.5. The van der Waals surface area contributed by atoms with Crippen LogP contribution in [-0.2, 0) is 23.8 Å². The maximum Gasteiger partial charge on any atom is 0.340 e. The molecule has 0 saturated heterocycles. The Morgan fingerprint density at radius 1 is 1.16 bits per heavy atom. The molecule has 0 radical (unpaired) electrons. The van der Waals surface area contributed by atoms with Crippen molar-refractivity contribution < 1.29 is 28.9 Å². The van der Waals surface area contributed by atoms with Gasteiger partial charge < -0.3 is 25.1 Å². The Morgan fingerprint density at radius 2 is 1.76 bits per heavy atom. The predicted molar refractivity (Wildman–Crippen MR) is 89.1 cm³/mol. The first-order valence-electron chi connectivity index (χ1n) is 7.92. The van der Waals surface area contributed by atoms with Gasteiger partial charge in [0, 0.05) is 0 Å². The van der Waals surface area contributed by atoms with Crippen LogP contribution < -0.4 is 5.73 Å². The molecule has 1 aliphatic heterocycles. The fraction of sp³-hybridized carbons (Fsp3) is 0.333. The molecule has 0 spiro atoms. The van der Waals surface area contributed by atoms with E-state index in [-0.39, 0.29) is 41.8 Å². The van der Waals surface area contributed by atoms with Gasteiger partial charge in [0.15, 0.2) is 0 Å². The van der Waals surface area contributed by atoms with Gasteiger partial charge in [0.25, 0.3) is 0 Å². The third kappa shape index (κ3) is 3.76. The molecule has 0 unspecified atom stereocenters. The Labute approximate surface area is 145 Å². The molecule has 7 nitrogen and oxygen atoms in total. The Kier molecular flexibility index (Phi) is 5.69. The second-order valence-electron chi connectivity index (χ2n) is 5.32. The van der Waals surface area contributed by atoms with Crippen LogP contribution in [0.2, 0.25) is 0 Å². The van der Waals surface area contributed by atoms with E-state index in [0.717, 1.165) is 0 Å². The monoisotopic (exact) mass is 347 g/mol. The minimum absolute atomic E-state index is 0.00102. The molecular weight excluding hydrogens is 326 g/mol. The number of hydrogen-bond acceptors (Lipinski definition) is 7. The van der Waals surface area contributed by atoms with E-state index in [1.54, 1.807) is 32.9 Å². The number of allylic oxidation sites excluding steroid dienone is 1. The van der Waals surface area contributed by atoms with Gasteiger partial charge in [0.2, 0.25) is 5.88 Å². The third-order valence-electron chi connectivity index (χ3n) is 3.68. The molecule has 1 aromatic rings. The van der Waals surface area contributed by atoms with Crippen LogP contribution in [-0.4, -0.2) is 30.3 Å². The Morgan fingerprint density at radius 3 is 2.32 bits per heavy atom. The zero-order chi connectivity index (χ0) is 18.6. The molecule has 1 aliphatic rings. The summed E-state index contributed by atoms with van der Waals surface area (Å²) in [6.45, 7) is 5.21. The molecule has 0 fully saturated rings. The van der Waals surface area contributed by atoms with Crippen molar-refractivity contribution in [1.82, 2.24) is 0 Å². The molecule has 0 aliphatic carbocycles. The lowest BCUT2D eigenvalue weighted by atomic mass is 9.82. The lowest BCUT2D eigenvalue weighted by Crippen LogP contribution is -2.30. The Balaban J connectivity index is 2.64. The Bertz CT molecular complexity index is 710. The largest absolute Gasteiger partial charge is 0.508 e. The van der Waals surface area contributed by atoms with Crippen LogP contribution in [0.1, 0.15) is 32.3 Å². The first-order chi connectivity index (χ1) is 11.9. The van der Waals surface area contributed by atoms with Crippen LogP contribution in [0.4, 0.5) is 0 Å². The van der Waals surface area contributed by atoms with E-state index in [2.05, 4.69) is 0 Å². The third-order valence-corrected chi connectivity index (χ3v) is 3.68. The number of hydrogen-bond donors (Lipinski definition) is 2. The zero-order valence-corrected chi connectivity index (χ0v) is 14.4. The van der Waals surface area contributed by atoms with E-state index in [4.69, 9.17) is 19.9 Å². The van der Waals surface area contributed by atoms with Crippen molar-refractivity contribution in [3.05, 3.63) is 52.6 Å². The summed E-state index contributed by atoms with van der Waals surface area (Å²) < 4.78 is 15.6. The standard InChI is InChI=1S/C18H21NO6/c1-4-23-17(21)13-10(3)25-16(19)15(18(22)24-5-2)14(13)11-7-6-8-12(20)9-11/h6-9,14,20H,4-5,19H2,1-3H3/t14-/m1/s1. The highest BCUT2D eigenvalue weighted by Crippen LogP contribution is 2.41. The molecule has 1 aromatic carbocycles. The average molecular weight is 347 g/mol. The summed E-state index contributed by atoms with van der Waals surface area (Å²) >= 11 is 0. The van der Waals surface area contributed by atoms with Gasteiger partial charge in [0.1, 0.15) is 17.1 Å². The molecule has 2 rings (SSSR count). The predicted octanol–water partition coefficient (Wildman–Crippen LogP) is 2.08. The van der Waals surface area contributed by atoms with E-state index < -0.39 is 17.9 Å². The SMILES string of the molecule is CCOC(=O)C1=C(C)OC(N)=C(C(=O)OCC)[C@@H]1c1cccc(O)c1. The van der Waals surface area contributed by atoms with E-state index in [1.807, 2.05) is 0 Å². The van der Waals surface area contributed by atoms with Gasteiger partial charge in [0.05, 0.1) is 24.7 Å². The highest BCUT2D eigenvalue weighted by molar-refractivity contribution is 5.99. The highest BCUT2D eigenvalue weighted by atomic mass is 16.5. The number of rotatable bonds is 5. The van der Waals surface area contributed by atoms with Crippen LogP contribution in [0.3, 0.4) is 0 Å². The maximum absolute atomic E-state index is 12.5. The average Bonchev–Trinajstić information content (AvgIpc) is 2.54. The van der Waals surface area contributed by atoms with Crippen molar-refractivity contribution in [1.29, 1.82) is 0 Å². The number of carbonyl (C=O) groups is 2. The summed E-state index contributed by atoms with van der Waals surface area (Å²) in [6, 6.07) is 6.22. The van der Waals surface area contributed by atoms with Crippen molar-refractivity contribution in [2.45, 2.75) is 26.7 Å². The van der Waals surface area contributed by atoms with Gasteiger partial charge in [-0.25, -0.2) is 9.59 Å². The summed E-state index contributed by atoms with van der Waals surface area (Å²) in [5, 5.41) is 9.81. The molecule has 0 amide bonds. The number of ether oxygens (including phenoxy) is 3. The normalized spacial score (nSPS) is 17.2. The fourth-order valence-corrected chi connectivity index (χ4v) is 2.70. The molecule has 1 atom stereocenters. The summed E-state index contributed by atoms with van der Waals surface area (Å²) in [4.78, 5) is 24.9. The lowest BCUT2D eigenvalue weighted by Gasteiger charge is -2.28. The summed E-state index contributed by atoms with van der Waals surface area (Å²) in [5.41, 5.74) is 6.55. The molecule has 3 N–H and O–H groups in total. The fourth-order valence-electron chi connectivity index (χ4n) is 2.70. The second kappa shape index (κ2) is 7.74. The molecule has 1 heterocycles. The van der Waals surface area contributed by atoms with Crippen molar-refractivity contribution in [3.8, 4) is 5.75 Å². The number of carbonyl (C=O) groups excluding carboxylic acids is 2. The smallest absolute Gasteiger partial charge is 0.340 e. The van der Waals surface area contributed by atoms with Crippen molar-refractivity contribution in [3.63, 3.8) is 0 Å². The van der Waals surface area contributed by atoms with E-state index >= 15 is 0 Å². The summed E-state index contributed by atoms with van der Waals surface area (Å²) in [5.74, 6) is -2.09. The Hall–Kier alpha value is -2.96. The van der Waals surface area contributed by atoms with Crippen molar-refractivity contribution in [2.75, 3.05) is 13.2 Å². The zero-order valence-electron chi connectivity index (χ0n) is 14.4. The number of benzene rings is 1. The molecule has 0 saturated carbocycles. The topological polar surface area (TPSA) is 108 Å². The number of nitrogens with two attached hydrogens (primary N) is 1. The van der Waals surface area contributed by atoms with Crippen LogP contribution in [0.15, 0.2) is 47.1 Å². The first-order valence-corrected chi connectivity index (χ1v) is 7.92. The van der Waals surface area contributed by atoms with Crippen molar-refractivity contribution in [2.24, 2.45) is 5.73 Å². The summed E-state index contributed by atoms with van der Waals surface area (Å²) in [6.07, 6.45) is 0. The quantitative estimate of drug-likeness (QED) is 0.785. The lowest BCUT2D eigenvalue weighted by molar-refractivity contribution is -0.140. The van der Waals surface area contributed by atoms with Gasteiger partial charge in [-0.1, -0.05) is 12.1 Å². The molecule has 0 bridgehead atoms. The van der Waals surface area contributed by atoms with Crippen molar-refractivity contribution >= 4 is 11.9 Å². The molecule has 0 aromatic heterocycles. The van der Waals surface area contributed by atoms with E-state index in [9.17, 15) is 14.7 Å². The number of aromatic hydroxyl groups is 1. The van der Waals surface area contributed by atoms with E-state index in [1.165, 1.54) is 12.1 Å². The number of phenols is 1. The van der Waals surface area contributed by atoms with Gasteiger partial charge in [-0.15, -0.1) is 0 Å². The van der Waals surface area contributed by atoms with Gasteiger partial charge >= 0.3 is 11.9 Å². The van der Waals surface area contributed by atoms with Crippen LogP contribution in [0.25, 0.3) is 0 Å². The summed E-state index contributed by atoms with van der Waals surface area (Å²) in [7, 11) is 0. The highest BCUT2D eigenvalue weighted by Gasteiger charge is 2.40. The molecule has 25 heavy (non-hydrogen) atoms. The van der Waals surface area contributed by atoms with Crippen LogP contribution in [0.5, 0.6) is 5.75 Å². The van der Waals surface area contributed by atoms with E-state index in [0.29, 0.717) is 5.56 Å². The minimum Gasteiger partial charge on any atom is -0.508 e. The van der Waals surface area contributed by atoms with Gasteiger partial charge in [-0.05, 0) is 38.5 Å². The second-order valence-corrected chi connectivity index (χ2v) is 5.32. The number of esters is 2. The molecule has 134 valence electrons. The van der Waals surface area contributed by atoms with Gasteiger partial charge in [-0.3, -0.25) is 0 Å². The minimum atomic E-state index is -0.862. The van der Waals surface area contributed by atoms with Gasteiger partial charge in [-0.2, -0.15) is 0 Å². The molecular formula is C18H21NO6. The number of phenolic OH excluding ortho intramolecular Hbond substituents is 1. The van der Waals surface area contributed by atoms with Crippen LogP contribution in [0, 0.1) is 0 Å². The van der Waals surface area contributed by atoms with Crippen LogP contribution >= 0.6 is 0 Å².